The minimum Gasteiger partial charge on any atom is -0.358 e. The molecular formula is C11H16ClN3. The molecule has 82 valence electrons. The van der Waals surface area contributed by atoms with Crippen LogP contribution in [-0.4, -0.2) is 29.2 Å². The summed E-state index contributed by atoms with van der Waals surface area (Å²) in [6.07, 6.45) is 4.03. The molecule has 1 heterocycles. The summed E-state index contributed by atoms with van der Waals surface area (Å²) in [5, 5.41) is 8.46. The smallest absolute Gasteiger partial charge is 0.151 e. The Bertz CT molecular complexity index is 336. The minimum atomic E-state index is 0.395. The van der Waals surface area contributed by atoms with E-state index < -0.39 is 0 Å². The van der Waals surface area contributed by atoms with Gasteiger partial charge in [0, 0.05) is 19.0 Å². The van der Waals surface area contributed by atoms with E-state index in [1.165, 1.54) is 0 Å². The lowest BCUT2D eigenvalue weighted by Crippen LogP contribution is -2.35. The van der Waals surface area contributed by atoms with Crippen LogP contribution >= 0.6 is 11.6 Å². The summed E-state index contributed by atoms with van der Waals surface area (Å²) in [6, 6.07) is 2.06. The van der Waals surface area contributed by atoms with E-state index in [9.17, 15) is 0 Å². The zero-order valence-electron chi connectivity index (χ0n) is 9.15. The van der Waals surface area contributed by atoms with E-state index in [-0.39, 0.29) is 0 Å². The molecule has 4 heteroatoms. The normalized spacial score (nSPS) is 24.7. The van der Waals surface area contributed by atoms with Crippen molar-refractivity contribution in [1.82, 2.24) is 10.2 Å². The first kappa shape index (κ1) is 10.7. The third-order valence-corrected chi connectivity index (χ3v) is 3.24. The van der Waals surface area contributed by atoms with Crippen molar-refractivity contribution in [2.24, 2.45) is 5.92 Å². The SMILES string of the molecule is Cc1cnnc(N(C)CC2CC(Cl)C2)c1. The van der Waals surface area contributed by atoms with Crippen LogP contribution in [0.2, 0.25) is 0 Å². The molecule has 0 amide bonds. The maximum atomic E-state index is 5.95. The molecule has 1 fully saturated rings. The van der Waals surface area contributed by atoms with E-state index >= 15 is 0 Å². The van der Waals surface area contributed by atoms with Gasteiger partial charge in [-0.05, 0) is 37.3 Å². The molecule has 0 N–H and O–H groups in total. The topological polar surface area (TPSA) is 29.0 Å². The number of hydrogen-bond donors (Lipinski definition) is 0. The Labute approximate surface area is 95.5 Å². The summed E-state index contributed by atoms with van der Waals surface area (Å²) in [4.78, 5) is 2.16. The van der Waals surface area contributed by atoms with Crippen molar-refractivity contribution in [1.29, 1.82) is 0 Å². The zero-order chi connectivity index (χ0) is 10.8. The number of nitrogens with zero attached hydrogens (tertiary/aromatic N) is 3. The lowest BCUT2D eigenvalue weighted by molar-refractivity contribution is 0.328. The summed E-state index contributed by atoms with van der Waals surface area (Å²) < 4.78 is 0. The van der Waals surface area contributed by atoms with E-state index in [0.717, 1.165) is 36.7 Å². The third-order valence-electron chi connectivity index (χ3n) is 2.88. The molecule has 2 rings (SSSR count). The van der Waals surface area contributed by atoms with Crippen LogP contribution in [0.25, 0.3) is 0 Å². The quantitative estimate of drug-likeness (QED) is 0.739. The van der Waals surface area contributed by atoms with Crippen molar-refractivity contribution in [3.63, 3.8) is 0 Å². The summed E-state index contributed by atoms with van der Waals surface area (Å²) in [7, 11) is 2.06. The van der Waals surface area contributed by atoms with Crippen molar-refractivity contribution in [2.75, 3.05) is 18.5 Å². The van der Waals surface area contributed by atoms with Crippen LogP contribution < -0.4 is 4.90 Å². The Morgan fingerprint density at radius 1 is 1.53 bits per heavy atom. The van der Waals surface area contributed by atoms with Crippen LogP contribution in [0.4, 0.5) is 5.82 Å². The van der Waals surface area contributed by atoms with Crippen molar-refractivity contribution in [3.05, 3.63) is 17.8 Å². The van der Waals surface area contributed by atoms with Crippen LogP contribution in [0.5, 0.6) is 0 Å². The molecule has 1 aromatic heterocycles. The maximum Gasteiger partial charge on any atom is 0.151 e. The predicted molar refractivity (Wildman–Crippen MR) is 62.4 cm³/mol. The molecule has 0 aromatic carbocycles. The van der Waals surface area contributed by atoms with E-state index in [0.29, 0.717) is 5.38 Å². The number of anilines is 1. The largest absolute Gasteiger partial charge is 0.358 e. The fraction of sp³-hybridized carbons (Fsp3) is 0.636. The van der Waals surface area contributed by atoms with Crippen LogP contribution in [-0.2, 0) is 0 Å². The van der Waals surface area contributed by atoms with Crippen molar-refractivity contribution in [2.45, 2.75) is 25.1 Å². The Kier molecular flexibility index (Phi) is 3.10. The molecule has 1 aliphatic carbocycles. The second-order valence-electron chi connectivity index (χ2n) is 4.41. The molecule has 0 unspecified atom stereocenters. The van der Waals surface area contributed by atoms with Crippen LogP contribution in [0.15, 0.2) is 12.3 Å². The highest BCUT2D eigenvalue weighted by Gasteiger charge is 2.28. The van der Waals surface area contributed by atoms with Crippen LogP contribution in [0.1, 0.15) is 18.4 Å². The standard InChI is InChI=1S/C11H16ClN3/c1-8-3-11(14-13-6-8)15(2)7-9-4-10(12)5-9/h3,6,9-10H,4-5,7H2,1-2H3. The Balaban J connectivity index is 1.93. The van der Waals surface area contributed by atoms with Gasteiger partial charge in [-0.25, -0.2) is 0 Å². The third kappa shape index (κ3) is 2.59. The summed E-state index contributed by atoms with van der Waals surface area (Å²) in [6.45, 7) is 3.06. The molecule has 0 bridgehead atoms. The van der Waals surface area contributed by atoms with Gasteiger partial charge in [0.2, 0.25) is 0 Å². The lowest BCUT2D eigenvalue weighted by Gasteiger charge is -2.34. The molecule has 0 spiro atoms. The molecule has 15 heavy (non-hydrogen) atoms. The van der Waals surface area contributed by atoms with Gasteiger partial charge in [0.25, 0.3) is 0 Å². The van der Waals surface area contributed by atoms with Gasteiger partial charge < -0.3 is 4.90 Å². The molecule has 0 radical (unpaired) electrons. The molecule has 0 saturated heterocycles. The first-order valence-corrected chi connectivity index (χ1v) is 5.73. The number of alkyl halides is 1. The van der Waals surface area contributed by atoms with Crippen LogP contribution in [0.3, 0.4) is 0 Å². The van der Waals surface area contributed by atoms with Gasteiger partial charge >= 0.3 is 0 Å². The summed E-state index contributed by atoms with van der Waals surface area (Å²) >= 11 is 5.95. The summed E-state index contributed by atoms with van der Waals surface area (Å²) in [5.74, 6) is 1.67. The summed E-state index contributed by atoms with van der Waals surface area (Å²) in [5.41, 5.74) is 1.15. The molecule has 3 nitrogen and oxygen atoms in total. The number of halogens is 1. The van der Waals surface area contributed by atoms with E-state index in [4.69, 9.17) is 11.6 Å². The fourth-order valence-corrected chi connectivity index (χ4v) is 2.42. The molecule has 0 atom stereocenters. The molecule has 1 saturated carbocycles. The Morgan fingerprint density at radius 2 is 2.27 bits per heavy atom. The second-order valence-corrected chi connectivity index (χ2v) is 5.02. The highest BCUT2D eigenvalue weighted by molar-refractivity contribution is 6.21. The fourth-order valence-electron chi connectivity index (χ4n) is 1.92. The lowest BCUT2D eigenvalue weighted by atomic mass is 9.84. The number of aryl methyl sites for hydroxylation is 1. The van der Waals surface area contributed by atoms with Gasteiger partial charge in [-0.3, -0.25) is 0 Å². The van der Waals surface area contributed by atoms with Gasteiger partial charge in [-0.1, -0.05) is 0 Å². The number of hydrogen-bond acceptors (Lipinski definition) is 3. The van der Waals surface area contributed by atoms with Crippen molar-refractivity contribution >= 4 is 17.4 Å². The average Bonchev–Trinajstić information content (AvgIpc) is 2.15. The monoisotopic (exact) mass is 225 g/mol. The van der Waals surface area contributed by atoms with Gasteiger partial charge in [-0.15, -0.1) is 16.7 Å². The number of rotatable bonds is 3. The first-order valence-electron chi connectivity index (χ1n) is 5.29. The molecule has 1 aromatic rings. The van der Waals surface area contributed by atoms with E-state index in [2.05, 4.69) is 28.2 Å². The van der Waals surface area contributed by atoms with Gasteiger partial charge in [0.1, 0.15) is 0 Å². The van der Waals surface area contributed by atoms with Gasteiger partial charge in [-0.2, -0.15) is 5.10 Å². The predicted octanol–water partition coefficient (Wildman–Crippen LogP) is 2.24. The van der Waals surface area contributed by atoms with Crippen molar-refractivity contribution < 1.29 is 0 Å². The minimum absolute atomic E-state index is 0.395. The zero-order valence-corrected chi connectivity index (χ0v) is 9.91. The van der Waals surface area contributed by atoms with Gasteiger partial charge in [0.15, 0.2) is 5.82 Å². The molecule has 0 aliphatic heterocycles. The second kappa shape index (κ2) is 4.35. The molecular weight excluding hydrogens is 210 g/mol. The first-order chi connectivity index (χ1) is 7.15. The highest BCUT2D eigenvalue weighted by Crippen LogP contribution is 2.32. The molecule has 1 aliphatic rings. The van der Waals surface area contributed by atoms with Crippen LogP contribution in [0, 0.1) is 12.8 Å². The Hall–Kier alpha value is -0.830. The van der Waals surface area contributed by atoms with E-state index in [1.54, 1.807) is 6.20 Å². The average molecular weight is 226 g/mol. The highest BCUT2D eigenvalue weighted by atomic mass is 35.5. The number of aromatic nitrogens is 2. The Morgan fingerprint density at radius 3 is 2.87 bits per heavy atom. The maximum absolute atomic E-state index is 5.95. The van der Waals surface area contributed by atoms with E-state index in [1.807, 2.05) is 6.92 Å². The van der Waals surface area contributed by atoms with Gasteiger partial charge in [0.05, 0.1) is 6.20 Å². The van der Waals surface area contributed by atoms with Crippen molar-refractivity contribution in [3.8, 4) is 0 Å².